The molecule has 10 aromatic rings. The standard InChI is InChI=1S/C54H26F12N4/c55-51(56,57)35-17-32(18-36(25-35)52(58,59)60)29-13-15-47-42(21-29)40-9-3-5-11-45(40)69(47)49-23-34(39-8-2-1-7-31(39)27-67)24-50(44(49)28-68)70-46-12-6-4-10-41(46)43-22-30(14-16-48(43)70)33-19-37(53(61,62)63)26-38(20-33)54(64,65)66/h1-26H. The minimum absolute atomic E-state index is 0.0364. The van der Waals surface area contributed by atoms with Gasteiger partial charge in [0.15, 0.2) is 0 Å². The summed E-state index contributed by atoms with van der Waals surface area (Å²) in [5.41, 5.74) is -3.19. The maximum absolute atomic E-state index is 14.0. The zero-order valence-electron chi connectivity index (χ0n) is 35.3. The number of halogens is 12. The Labute approximate surface area is 387 Å². The lowest BCUT2D eigenvalue weighted by atomic mass is 9.96. The third-order valence-electron chi connectivity index (χ3n) is 12.2. The molecule has 0 aliphatic rings. The van der Waals surface area contributed by atoms with Crippen molar-refractivity contribution in [3.05, 3.63) is 191 Å². The van der Waals surface area contributed by atoms with Crippen molar-refractivity contribution >= 4 is 43.6 Å². The molecule has 0 atom stereocenters. The maximum atomic E-state index is 14.0. The fourth-order valence-corrected chi connectivity index (χ4v) is 9.13. The largest absolute Gasteiger partial charge is 0.416 e. The molecular weight excluding hydrogens is 933 g/mol. The fourth-order valence-electron chi connectivity index (χ4n) is 9.13. The summed E-state index contributed by atoms with van der Waals surface area (Å²) in [4.78, 5) is 0. The SMILES string of the molecule is N#Cc1ccccc1-c1cc(-n2c3ccccc3c3cc(-c4cc(C(F)(F)F)cc(C(F)(F)F)c4)ccc32)c(C#N)c(-n2c3ccccc3c3cc(-c4cc(C(F)(F)F)cc(C(F)(F)F)c4)ccc32)c1. The molecule has 0 unspecified atom stereocenters. The Morgan fingerprint density at radius 2 is 0.700 bits per heavy atom. The predicted octanol–water partition coefficient (Wildman–Crippen LogP) is 16.7. The Bertz CT molecular complexity index is 3590. The minimum atomic E-state index is -5.10. The molecule has 16 heteroatoms. The van der Waals surface area contributed by atoms with Crippen LogP contribution in [-0.4, -0.2) is 9.13 Å². The Morgan fingerprint density at radius 3 is 1.09 bits per heavy atom. The van der Waals surface area contributed by atoms with E-state index in [9.17, 15) is 63.2 Å². The third kappa shape index (κ3) is 7.71. The Kier molecular flexibility index (Phi) is 10.4. The van der Waals surface area contributed by atoms with Crippen LogP contribution in [0.3, 0.4) is 0 Å². The Balaban J connectivity index is 1.26. The van der Waals surface area contributed by atoms with Crippen molar-refractivity contribution in [1.82, 2.24) is 9.13 Å². The lowest BCUT2D eigenvalue weighted by Gasteiger charge is -2.19. The number of para-hydroxylation sites is 2. The summed E-state index contributed by atoms with van der Waals surface area (Å²) in [7, 11) is 0. The van der Waals surface area contributed by atoms with E-state index in [4.69, 9.17) is 0 Å². The molecule has 0 saturated heterocycles. The van der Waals surface area contributed by atoms with Crippen molar-refractivity contribution in [2.45, 2.75) is 24.7 Å². The summed E-state index contributed by atoms with van der Waals surface area (Å²) in [6.07, 6.45) is -20.4. The molecule has 2 aromatic heterocycles. The van der Waals surface area contributed by atoms with Crippen molar-refractivity contribution in [2.24, 2.45) is 0 Å². The van der Waals surface area contributed by atoms with E-state index in [2.05, 4.69) is 12.1 Å². The highest BCUT2D eigenvalue weighted by Gasteiger charge is 2.39. The molecule has 0 N–H and O–H groups in total. The smallest absolute Gasteiger partial charge is 0.308 e. The summed E-state index contributed by atoms with van der Waals surface area (Å²) < 4.78 is 171. The molecule has 8 aromatic carbocycles. The fraction of sp³-hybridized carbons (Fsp3) is 0.0741. The number of rotatable bonds is 5. The molecule has 0 aliphatic heterocycles. The van der Waals surface area contributed by atoms with Crippen LogP contribution in [0.1, 0.15) is 33.4 Å². The molecular formula is C54H26F12N4. The lowest BCUT2D eigenvalue weighted by Crippen LogP contribution is -2.11. The number of hydrogen-bond donors (Lipinski definition) is 0. The van der Waals surface area contributed by atoms with Gasteiger partial charge < -0.3 is 9.13 Å². The van der Waals surface area contributed by atoms with Crippen LogP contribution in [0.15, 0.2) is 158 Å². The molecule has 0 bridgehead atoms. The molecule has 0 saturated carbocycles. The van der Waals surface area contributed by atoms with Gasteiger partial charge in [0.2, 0.25) is 0 Å². The highest BCUT2D eigenvalue weighted by atomic mass is 19.4. The monoisotopic (exact) mass is 958 g/mol. The average Bonchev–Trinajstić information content (AvgIpc) is 3.84. The highest BCUT2D eigenvalue weighted by molar-refractivity contribution is 6.12. The zero-order chi connectivity index (χ0) is 49.7. The molecule has 0 fully saturated rings. The van der Waals surface area contributed by atoms with E-state index in [0.29, 0.717) is 79.0 Å². The highest BCUT2D eigenvalue weighted by Crippen LogP contribution is 2.45. The molecule has 0 radical (unpaired) electrons. The van der Waals surface area contributed by atoms with Crippen LogP contribution in [0.2, 0.25) is 0 Å². The van der Waals surface area contributed by atoms with E-state index in [1.165, 1.54) is 36.4 Å². The first-order valence-electron chi connectivity index (χ1n) is 20.9. The third-order valence-corrected chi connectivity index (χ3v) is 12.2. The van der Waals surface area contributed by atoms with Crippen LogP contribution in [0.5, 0.6) is 0 Å². The van der Waals surface area contributed by atoms with Gasteiger partial charge in [-0.1, -0.05) is 66.7 Å². The van der Waals surface area contributed by atoms with Crippen LogP contribution >= 0.6 is 0 Å². The number of nitriles is 2. The first-order valence-corrected chi connectivity index (χ1v) is 20.9. The van der Waals surface area contributed by atoms with Gasteiger partial charge in [-0.05, 0) is 124 Å². The second kappa shape index (κ2) is 16.1. The van der Waals surface area contributed by atoms with E-state index in [1.807, 2.05) is 0 Å². The predicted molar refractivity (Wildman–Crippen MR) is 241 cm³/mol. The maximum Gasteiger partial charge on any atom is 0.416 e. The number of alkyl halides is 12. The van der Waals surface area contributed by atoms with Gasteiger partial charge in [0.1, 0.15) is 11.6 Å². The van der Waals surface area contributed by atoms with E-state index in [1.54, 1.807) is 94.1 Å². The van der Waals surface area contributed by atoms with Gasteiger partial charge in [-0.2, -0.15) is 63.2 Å². The second-order valence-corrected chi connectivity index (χ2v) is 16.4. The van der Waals surface area contributed by atoms with Crippen LogP contribution in [0.25, 0.3) is 88.4 Å². The van der Waals surface area contributed by atoms with Crippen molar-refractivity contribution < 1.29 is 52.7 Å². The Hall–Kier alpha value is -8.50. The van der Waals surface area contributed by atoms with E-state index in [-0.39, 0.29) is 56.9 Å². The summed E-state index contributed by atoms with van der Waals surface area (Å²) in [5.74, 6) is 0. The van der Waals surface area contributed by atoms with Crippen LogP contribution < -0.4 is 0 Å². The number of hydrogen-bond acceptors (Lipinski definition) is 2. The van der Waals surface area contributed by atoms with Crippen LogP contribution in [-0.2, 0) is 24.7 Å². The molecule has 70 heavy (non-hydrogen) atoms. The molecule has 346 valence electrons. The quantitative estimate of drug-likeness (QED) is 0.161. The minimum Gasteiger partial charge on any atom is -0.308 e. The average molecular weight is 959 g/mol. The van der Waals surface area contributed by atoms with Crippen molar-refractivity contribution in [1.29, 1.82) is 10.5 Å². The van der Waals surface area contributed by atoms with Gasteiger partial charge in [-0.25, -0.2) is 0 Å². The van der Waals surface area contributed by atoms with E-state index >= 15 is 0 Å². The summed E-state index contributed by atoms with van der Waals surface area (Å²) >= 11 is 0. The molecule has 2 heterocycles. The van der Waals surface area contributed by atoms with Crippen LogP contribution in [0, 0.1) is 22.7 Å². The number of benzene rings is 8. The summed E-state index contributed by atoms with van der Waals surface area (Å²) in [6, 6.07) is 39.6. The molecule has 10 rings (SSSR count). The van der Waals surface area contributed by atoms with E-state index in [0.717, 1.165) is 0 Å². The summed E-state index contributed by atoms with van der Waals surface area (Å²) in [6.45, 7) is 0. The molecule has 0 spiro atoms. The molecule has 0 amide bonds. The van der Waals surface area contributed by atoms with Gasteiger partial charge in [0.05, 0.1) is 67.3 Å². The van der Waals surface area contributed by atoms with Crippen molar-refractivity contribution in [3.63, 3.8) is 0 Å². The second-order valence-electron chi connectivity index (χ2n) is 16.4. The number of nitrogens with zero attached hydrogens (tertiary/aromatic N) is 4. The normalized spacial score (nSPS) is 12.5. The van der Waals surface area contributed by atoms with Crippen molar-refractivity contribution in [2.75, 3.05) is 0 Å². The molecule has 0 aliphatic carbocycles. The van der Waals surface area contributed by atoms with E-state index < -0.39 is 47.0 Å². The van der Waals surface area contributed by atoms with Gasteiger partial charge in [-0.3, -0.25) is 0 Å². The topological polar surface area (TPSA) is 57.4 Å². The zero-order valence-corrected chi connectivity index (χ0v) is 35.3. The lowest BCUT2D eigenvalue weighted by molar-refractivity contribution is -0.144. The number of fused-ring (bicyclic) bond motifs is 6. The van der Waals surface area contributed by atoms with Gasteiger partial charge >= 0.3 is 24.7 Å². The first-order chi connectivity index (χ1) is 33.1. The van der Waals surface area contributed by atoms with Gasteiger partial charge in [0.25, 0.3) is 0 Å². The first kappa shape index (κ1) is 45.3. The van der Waals surface area contributed by atoms with Crippen LogP contribution in [0.4, 0.5) is 52.7 Å². The number of aromatic nitrogens is 2. The van der Waals surface area contributed by atoms with Gasteiger partial charge in [-0.15, -0.1) is 0 Å². The van der Waals surface area contributed by atoms with Crippen molar-refractivity contribution in [3.8, 4) is 56.9 Å². The Morgan fingerprint density at radius 1 is 0.329 bits per heavy atom. The van der Waals surface area contributed by atoms with Gasteiger partial charge in [0, 0.05) is 21.5 Å². The summed E-state index contributed by atoms with van der Waals surface area (Å²) in [5, 5.41) is 23.4. The molecule has 4 nitrogen and oxygen atoms in total.